The van der Waals surface area contributed by atoms with Gasteiger partial charge in [-0.25, -0.2) is 18.2 Å². The van der Waals surface area contributed by atoms with Crippen LogP contribution in [0.25, 0.3) is 10.4 Å². The number of azide groups is 1. The molecule has 0 aromatic heterocycles. The zero-order valence-electron chi connectivity index (χ0n) is 16.7. The van der Waals surface area contributed by atoms with Crippen molar-refractivity contribution >= 4 is 35.2 Å². The van der Waals surface area contributed by atoms with E-state index in [0.29, 0.717) is 0 Å². The fraction of sp³-hybridized carbons (Fsp3) is 0.667. The third kappa shape index (κ3) is 7.69. The molecule has 6 atom stereocenters. The van der Waals surface area contributed by atoms with Gasteiger partial charge >= 0.3 is 29.3 Å². The lowest BCUT2D eigenvalue weighted by Crippen LogP contribution is -2.55. The highest BCUT2D eigenvalue weighted by Gasteiger charge is 2.45. The van der Waals surface area contributed by atoms with E-state index in [1.807, 2.05) is 0 Å². The van der Waals surface area contributed by atoms with Crippen molar-refractivity contribution < 1.29 is 61.0 Å². The average molecular weight is 535 g/mol. The van der Waals surface area contributed by atoms with Crippen LogP contribution < -0.4 is 5.32 Å². The van der Waals surface area contributed by atoms with E-state index in [9.17, 15) is 28.2 Å². The Morgan fingerprint density at radius 3 is 2.48 bits per heavy atom. The van der Waals surface area contributed by atoms with Crippen molar-refractivity contribution in [3.8, 4) is 0 Å². The molecular formula is C12H20N5O13P3. The molecule has 2 rings (SSSR count). The van der Waals surface area contributed by atoms with Gasteiger partial charge in [-0.05, 0) is 12.5 Å². The van der Waals surface area contributed by atoms with E-state index < -0.39 is 72.4 Å². The Morgan fingerprint density at radius 2 is 1.91 bits per heavy atom. The molecule has 0 aromatic carbocycles. The number of carbonyl (C=O) groups is 2. The standard InChI is InChI=1S/C12H20N5O13P3/c1-6-7(2)17(12(19)14-11(6)18)10-3-8(15-16-13)9(28-10)4-27-5-31(20,21)29-33(25,26)30-32(22,23)24/h6,8-10H,2-5H2,1H3,(H,20,21)(H,25,26)(H,14,18,19)(H2,22,23,24)/t6?,8?,9-,10-/m1/s1. The van der Waals surface area contributed by atoms with Crippen LogP contribution in [0.5, 0.6) is 0 Å². The lowest BCUT2D eigenvalue weighted by molar-refractivity contribution is -0.125. The zero-order chi connectivity index (χ0) is 25.2. The second-order valence-electron chi connectivity index (χ2n) is 6.77. The lowest BCUT2D eigenvalue weighted by atomic mass is 10.0. The minimum atomic E-state index is -5.62. The van der Waals surface area contributed by atoms with Gasteiger partial charge in [0.25, 0.3) is 0 Å². The van der Waals surface area contributed by atoms with Crippen LogP contribution in [0.4, 0.5) is 4.79 Å². The third-order valence-electron chi connectivity index (χ3n) is 4.32. The molecule has 0 bridgehead atoms. The van der Waals surface area contributed by atoms with Gasteiger partial charge in [0.15, 0.2) is 0 Å². The number of phosphoric acid groups is 2. The molecule has 33 heavy (non-hydrogen) atoms. The number of carbonyl (C=O) groups excluding carboxylic acids is 2. The second kappa shape index (κ2) is 10.3. The van der Waals surface area contributed by atoms with Crippen molar-refractivity contribution in [1.29, 1.82) is 0 Å². The fourth-order valence-corrected chi connectivity index (χ4v) is 6.19. The Bertz CT molecular complexity index is 1010. The minimum absolute atomic E-state index is 0.0410. The first-order chi connectivity index (χ1) is 15.1. The SMILES string of the molecule is C=C1C(C)C(=O)NC(=O)N1[C@H]1CC(N=[N+]=[N-])[C@@H](COCP(=O)(O)OP(=O)(O)OP(=O)(O)O)O1. The topological polar surface area (TPSA) is 267 Å². The number of hydrogen-bond acceptors (Lipinski definition) is 10. The van der Waals surface area contributed by atoms with Gasteiger partial charge in [-0.3, -0.25) is 19.6 Å². The summed E-state index contributed by atoms with van der Waals surface area (Å²) < 4.78 is 51.7. The Morgan fingerprint density at radius 1 is 1.27 bits per heavy atom. The number of imide groups is 1. The number of nitrogens with one attached hydrogen (secondary N) is 1. The Hall–Kier alpha value is -1.64. The molecule has 2 aliphatic rings. The predicted molar refractivity (Wildman–Crippen MR) is 105 cm³/mol. The van der Waals surface area contributed by atoms with Crippen LogP contribution in [0.1, 0.15) is 13.3 Å². The van der Waals surface area contributed by atoms with Crippen LogP contribution in [0.15, 0.2) is 17.4 Å². The molecule has 2 heterocycles. The number of hydrogen-bond donors (Lipinski definition) is 5. The summed E-state index contributed by atoms with van der Waals surface area (Å²) in [6.45, 7) is 4.68. The summed E-state index contributed by atoms with van der Waals surface area (Å²) in [5, 5.41) is 5.63. The van der Waals surface area contributed by atoms with Crippen molar-refractivity contribution in [1.82, 2.24) is 10.2 Å². The molecule has 0 aliphatic carbocycles. The first-order valence-electron chi connectivity index (χ1n) is 8.78. The molecule has 0 saturated carbocycles. The Kier molecular flexibility index (Phi) is 8.63. The van der Waals surface area contributed by atoms with Crippen molar-refractivity contribution in [2.24, 2.45) is 11.0 Å². The van der Waals surface area contributed by atoms with Gasteiger partial charge in [-0.2, -0.15) is 4.31 Å². The van der Waals surface area contributed by atoms with E-state index in [0.717, 1.165) is 4.90 Å². The van der Waals surface area contributed by atoms with E-state index in [4.69, 9.17) is 29.7 Å². The largest absolute Gasteiger partial charge is 0.488 e. The molecule has 2 fully saturated rings. The monoisotopic (exact) mass is 535 g/mol. The number of urea groups is 1. The smallest absolute Gasteiger partial charge is 0.366 e. The van der Waals surface area contributed by atoms with Crippen molar-refractivity contribution in [3.05, 3.63) is 22.7 Å². The number of rotatable bonds is 10. The highest BCUT2D eigenvalue weighted by Crippen LogP contribution is 2.65. The lowest BCUT2D eigenvalue weighted by Gasteiger charge is -2.36. The van der Waals surface area contributed by atoms with Gasteiger partial charge in [0.2, 0.25) is 5.91 Å². The van der Waals surface area contributed by atoms with E-state index in [-0.39, 0.29) is 12.1 Å². The average Bonchev–Trinajstić information content (AvgIpc) is 2.99. The first kappa shape index (κ1) is 27.6. The highest BCUT2D eigenvalue weighted by molar-refractivity contribution is 7.68. The van der Waals surface area contributed by atoms with Crippen LogP contribution >= 0.6 is 23.2 Å². The molecule has 2 aliphatic heterocycles. The maximum atomic E-state index is 12.2. The summed E-state index contributed by atoms with van der Waals surface area (Å²) in [6, 6.07) is -1.74. The molecule has 0 aromatic rings. The van der Waals surface area contributed by atoms with Crippen molar-refractivity contribution in [2.45, 2.75) is 31.7 Å². The minimum Gasteiger partial charge on any atom is -0.366 e. The van der Waals surface area contributed by atoms with Gasteiger partial charge in [0.05, 0.1) is 24.7 Å². The van der Waals surface area contributed by atoms with E-state index in [1.54, 1.807) is 0 Å². The third-order valence-corrected chi connectivity index (χ3v) is 8.35. The van der Waals surface area contributed by atoms with E-state index in [2.05, 4.69) is 30.5 Å². The van der Waals surface area contributed by atoms with Gasteiger partial charge in [-0.1, -0.05) is 11.7 Å². The molecule has 0 spiro atoms. The van der Waals surface area contributed by atoms with E-state index in [1.165, 1.54) is 6.92 Å². The summed E-state index contributed by atoms with van der Waals surface area (Å²) in [6.07, 6.45) is -3.37. The van der Waals surface area contributed by atoms with Gasteiger partial charge in [-0.15, -0.1) is 0 Å². The van der Waals surface area contributed by atoms with E-state index >= 15 is 0 Å². The van der Waals surface area contributed by atoms with Gasteiger partial charge in [0, 0.05) is 17.0 Å². The summed E-state index contributed by atoms with van der Waals surface area (Å²) in [7, 11) is -16.2. The van der Waals surface area contributed by atoms with Crippen LogP contribution in [0.2, 0.25) is 0 Å². The van der Waals surface area contributed by atoms with Crippen LogP contribution in [-0.2, 0) is 36.6 Å². The fourth-order valence-electron chi connectivity index (χ4n) is 2.91. The van der Waals surface area contributed by atoms with Crippen LogP contribution in [0, 0.1) is 5.92 Å². The molecule has 5 N–H and O–H groups in total. The maximum absolute atomic E-state index is 12.2. The quantitative estimate of drug-likeness (QED) is 0.113. The van der Waals surface area contributed by atoms with Crippen LogP contribution in [-0.4, -0.2) is 67.7 Å². The van der Waals surface area contributed by atoms with Gasteiger partial charge < -0.3 is 29.0 Å². The number of ether oxygens (including phenoxy) is 2. The van der Waals surface area contributed by atoms with Crippen LogP contribution in [0.3, 0.4) is 0 Å². The molecule has 21 heteroatoms. The zero-order valence-corrected chi connectivity index (χ0v) is 19.4. The molecule has 186 valence electrons. The number of amides is 3. The summed E-state index contributed by atoms with van der Waals surface area (Å²) in [5.41, 5.74) is 8.89. The summed E-state index contributed by atoms with van der Waals surface area (Å²) in [5.74, 6) is -1.31. The molecule has 3 amide bonds. The molecule has 2 saturated heterocycles. The normalized spacial score (nSPS) is 29.7. The van der Waals surface area contributed by atoms with Crippen molar-refractivity contribution in [2.75, 3.05) is 13.0 Å². The Labute approximate surface area is 185 Å². The molecule has 4 unspecified atom stereocenters. The first-order valence-corrected chi connectivity index (χ1v) is 13.6. The maximum Gasteiger partial charge on any atom is 0.488 e. The highest BCUT2D eigenvalue weighted by atomic mass is 31.3. The Balaban J connectivity index is 2.01. The summed E-state index contributed by atoms with van der Waals surface area (Å²) in [4.78, 5) is 63.4. The number of nitrogens with zero attached hydrogens (tertiary/aromatic N) is 4. The predicted octanol–water partition coefficient (Wildman–Crippen LogP) is 0.868. The summed E-state index contributed by atoms with van der Waals surface area (Å²) >= 11 is 0. The molecule has 0 radical (unpaired) electrons. The van der Waals surface area contributed by atoms with Crippen molar-refractivity contribution in [3.63, 3.8) is 0 Å². The second-order valence-corrected chi connectivity index (χ2v) is 11.5. The molecular weight excluding hydrogens is 515 g/mol. The molecule has 18 nitrogen and oxygen atoms in total. The van der Waals surface area contributed by atoms with Gasteiger partial charge in [0.1, 0.15) is 12.6 Å².